The first-order chi connectivity index (χ1) is 15.2. The molecule has 1 aromatic heterocycles. The summed E-state index contributed by atoms with van der Waals surface area (Å²) < 4.78 is 39.1. The molecule has 0 unspecified atom stereocenters. The lowest BCUT2D eigenvalue weighted by molar-refractivity contribution is -0.118. The van der Waals surface area contributed by atoms with Gasteiger partial charge in [0, 0.05) is 22.6 Å². The lowest BCUT2D eigenvalue weighted by Gasteiger charge is -2.13. The highest BCUT2D eigenvalue weighted by molar-refractivity contribution is 9.10. The highest BCUT2D eigenvalue weighted by atomic mass is 79.9. The van der Waals surface area contributed by atoms with Gasteiger partial charge in [-0.05, 0) is 61.4 Å². The number of methoxy groups -OCH3 is 1. The van der Waals surface area contributed by atoms with Crippen molar-refractivity contribution in [1.82, 2.24) is 9.97 Å². The van der Waals surface area contributed by atoms with E-state index in [0.29, 0.717) is 11.4 Å². The van der Waals surface area contributed by atoms with Gasteiger partial charge in [0.2, 0.25) is 5.82 Å². The number of rotatable bonds is 8. The molecule has 3 aromatic rings. The van der Waals surface area contributed by atoms with E-state index in [0.717, 1.165) is 15.6 Å². The fraction of sp³-hybridized carbons (Fsp3) is 0.190. The summed E-state index contributed by atoms with van der Waals surface area (Å²) in [7, 11) is -2.56. The van der Waals surface area contributed by atoms with Gasteiger partial charge in [-0.2, -0.15) is 0 Å². The molecule has 9 nitrogen and oxygen atoms in total. The molecular formula is C21H21BrN4O5S. The molecule has 0 saturated heterocycles. The van der Waals surface area contributed by atoms with Crippen LogP contribution in [0.3, 0.4) is 0 Å². The SMILES string of the molecule is COc1nccnc1NS(=O)(=O)c1ccc(NC(=O)COc2c(C)cc(Br)cc2C)cc1. The number of amides is 1. The average molecular weight is 521 g/mol. The highest BCUT2D eigenvalue weighted by Gasteiger charge is 2.18. The number of carbonyl (C=O) groups excluding carboxylic acids is 1. The van der Waals surface area contributed by atoms with Crippen molar-refractivity contribution in [2.75, 3.05) is 23.8 Å². The summed E-state index contributed by atoms with van der Waals surface area (Å²) >= 11 is 3.42. The van der Waals surface area contributed by atoms with Crippen LogP contribution in [0.25, 0.3) is 0 Å². The lowest BCUT2D eigenvalue weighted by atomic mass is 10.1. The Morgan fingerprint density at radius 1 is 1.06 bits per heavy atom. The summed E-state index contributed by atoms with van der Waals surface area (Å²) in [5.74, 6) is 0.305. The Kier molecular flexibility index (Phi) is 7.31. The van der Waals surface area contributed by atoms with Crippen molar-refractivity contribution < 1.29 is 22.7 Å². The van der Waals surface area contributed by atoms with Crippen LogP contribution in [-0.4, -0.2) is 38.0 Å². The third-order valence-corrected chi connectivity index (χ3v) is 6.12. The van der Waals surface area contributed by atoms with Crippen LogP contribution in [0.2, 0.25) is 0 Å². The van der Waals surface area contributed by atoms with Gasteiger partial charge in [0.05, 0.1) is 12.0 Å². The van der Waals surface area contributed by atoms with Crippen molar-refractivity contribution in [2.45, 2.75) is 18.7 Å². The Hall–Kier alpha value is -3.18. The van der Waals surface area contributed by atoms with Crippen molar-refractivity contribution in [1.29, 1.82) is 0 Å². The fourth-order valence-electron chi connectivity index (χ4n) is 2.91. The van der Waals surface area contributed by atoms with Gasteiger partial charge in [0.25, 0.3) is 21.8 Å². The standard InChI is InChI=1S/C21H21BrN4O5S/c1-13-10-15(22)11-14(2)19(13)31-12-18(27)25-16-4-6-17(7-5-16)32(28,29)26-20-21(30-3)24-9-8-23-20/h4-11H,12H2,1-3H3,(H,23,26)(H,25,27). The molecule has 1 amide bonds. The molecule has 3 rings (SSSR count). The quantitative estimate of drug-likeness (QED) is 0.464. The largest absolute Gasteiger partial charge is 0.483 e. The molecule has 0 aliphatic rings. The van der Waals surface area contributed by atoms with Crippen LogP contribution in [0.5, 0.6) is 11.6 Å². The number of hydrogen-bond donors (Lipinski definition) is 2. The number of carbonyl (C=O) groups is 1. The fourth-order valence-corrected chi connectivity index (χ4v) is 4.60. The summed E-state index contributed by atoms with van der Waals surface area (Å²) in [4.78, 5) is 20.1. The molecule has 0 atom stereocenters. The summed E-state index contributed by atoms with van der Waals surface area (Å²) in [5, 5.41) is 2.68. The van der Waals surface area contributed by atoms with Gasteiger partial charge >= 0.3 is 0 Å². The normalized spacial score (nSPS) is 11.0. The molecule has 0 aliphatic carbocycles. The highest BCUT2D eigenvalue weighted by Crippen LogP contribution is 2.27. The summed E-state index contributed by atoms with van der Waals surface area (Å²) in [6, 6.07) is 9.51. The minimum atomic E-state index is -3.92. The number of halogens is 1. The molecule has 1 heterocycles. The van der Waals surface area contributed by atoms with E-state index >= 15 is 0 Å². The number of nitrogens with one attached hydrogen (secondary N) is 2. The zero-order valence-corrected chi connectivity index (χ0v) is 20.0. The second-order valence-electron chi connectivity index (χ2n) is 6.75. The van der Waals surface area contributed by atoms with Crippen LogP contribution in [-0.2, 0) is 14.8 Å². The Labute approximate surface area is 194 Å². The Balaban J connectivity index is 1.63. The summed E-state index contributed by atoms with van der Waals surface area (Å²) in [5.41, 5.74) is 2.25. The van der Waals surface area contributed by atoms with Crippen molar-refractivity contribution in [3.63, 3.8) is 0 Å². The van der Waals surface area contributed by atoms with E-state index in [4.69, 9.17) is 9.47 Å². The number of nitrogens with zero attached hydrogens (tertiary/aromatic N) is 2. The summed E-state index contributed by atoms with van der Waals surface area (Å²) in [6.45, 7) is 3.61. The monoisotopic (exact) mass is 520 g/mol. The van der Waals surface area contributed by atoms with Crippen LogP contribution in [0, 0.1) is 13.8 Å². The first-order valence-corrected chi connectivity index (χ1v) is 11.6. The molecule has 2 N–H and O–H groups in total. The van der Waals surface area contributed by atoms with Crippen molar-refractivity contribution in [2.24, 2.45) is 0 Å². The number of anilines is 2. The number of ether oxygens (including phenoxy) is 2. The van der Waals surface area contributed by atoms with E-state index in [9.17, 15) is 13.2 Å². The molecule has 0 spiro atoms. The Morgan fingerprint density at radius 3 is 2.31 bits per heavy atom. The molecule has 11 heteroatoms. The van der Waals surface area contributed by atoms with E-state index in [-0.39, 0.29) is 29.1 Å². The number of sulfonamides is 1. The predicted molar refractivity (Wildman–Crippen MR) is 124 cm³/mol. The van der Waals surface area contributed by atoms with E-state index < -0.39 is 10.0 Å². The minimum Gasteiger partial charge on any atom is -0.483 e. The number of hydrogen-bond acceptors (Lipinski definition) is 7. The van der Waals surface area contributed by atoms with Crippen LogP contribution in [0.4, 0.5) is 11.5 Å². The lowest BCUT2D eigenvalue weighted by Crippen LogP contribution is -2.21. The molecular weight excluding hydrogens is 500 g/mol. The molecule has 0 radical (unpaired) electrons. The molecule has 0 bridgehead atoms. The van der Waals surface area contributed by atoms with Gasteiger partial charge in [0.15, 0.2) is 6.61 Å². The predicted octanol–water partition coefficient (Wildman–Crippen LogP) is 3.68. The zero-order valence-electron chi connectivity index (χ0n) is 17.5. The maximum Gasteiger partial charge on any atom is 0.263 e. The molecule has 168 valence electrons. The number of aromatic nitrogens is 2. The third kappa shape index (κ3) is 5.74. The first kappa shape index (κ1) is 23.5. The second kappa shape index (κ2) is 9.96. The Bertz CT molecular complexity index is 1210. The molecule has 2 aromatic carbocycles. The average Bonchev–Trinajstić information content (AvgIpc) is 2.73. The van der Waals surface area contributed by atoms with Crippen LogP contribution in [0.15, 0.2) is 58.2 Å². The van der Waals surface area contributed by atoms with Crippen LogP contribution >= 0.6 is 15.9 Å². The van der Waals surface area contributed by atoms with Crippen LogP contribution in [0.1, 0.15) is 11.1 Å². The van der Waals surface area contributed by atoms with Gasteiger partial charge in [-0.1, -0.05) is 15.9 Å². The second-order valence-corrected chi connectivity index (χ2v) is 9.35. The van der Waals surface area contributed by atoms with Crippen molar-refractivity contribution >= 4 is 43.4 Å². The van der Waals surface area contributed by atoms with Gasteiger partial charge in [-0.15, -0.1) is 0 Å². The number of aryl methyl sites for hydroxylation is 2. The Morgan fingerprint density at radius 2 is 1.69 bits per heavy atom. The van der Waals surface area contributed by atoms with Crippen molar-refractivity contribution in [3.8, 4) is 11.6 Å². The third-order valence-electron chi connectivity index (χ3n) is 4.31. The van der Waals surface area contributed by atoms with Crippen LogP contribution < -0.4 is 19.5 Å². The first-order valence-electron chi connectivity index (χ1n) is 9.37. The van der Waals surface area contributed by atoms with E-state index in [1.54, 1.807) is 0 Å². The number of benzene rings is 2. The molecule has 32 heavy (non-hydrogen) atoms. The van der Waals surface area contributed by atoms with Gasteiger partial charge in [-0.25, -0.2) is 18.4 Å². The van der Waals surface area contributed by atoms with Gasteiger partial charge < -0.3 is 14.8 Å². The van der Waals surface area contributed by atoms with E-state index in [1.807, 2.05) is 26.0 Å². The molecule has 0 saturated carbocycles. The maximum atomic E-state index is 12.6. The minimum absolute atomic E-state index is 0.0134. The summed E-state index contributed by atoms with van der Waals surface area (Å²) in [6.07, 6.45) is 2.73. The smallest absolute Gasteiger partial charge is 0.263 e. The van der Waals surface area contributed by atoms with Gasteiger partial charge in [-0.3, -0.25) is 9.52 Å². The van der Waals surface area contributed by atoms with E-state index in [1.165, 1.54) is 43.8 Å². The molecule has 0 fully saturated rings. The topological polar surface area (TPSA) is 120 Å². The van der Waals surface area contributed by atoms with Gasteiger partial charge in [0.1, 0.15) is 5.75 Å². The zero-order chi connectivity index (χ0) is 23.3. The van der Waals surface area contributed by atoms with Crippen molar-refractivity contribution in [3.05, 3.63) is 64.4 Å². The molecule has 0 aliphatic heterocycles. The maximum absolute atomic E-state index is 12.6. The van der Waals surface area contributed by atoms with E-state index in [2.05, 4.69) is 35.9 Å².